The van der Waals surface area contributed by atoms with Crippen molar-refractivity contribution in [1.29, 1.82) is 0 Å². The summed E-state index contributed by atoms with van der Waals surface area (Å²) in [6.45, 7) is 2.15. The van der Waals surface area contributed by atoms with E-state index in [4.69, 9.17) is 4.74 Å². The van der Waals surface area contributed by atoms with E-state index in [2.05, 4.69) is 42.5 Å². The number of benzene rings is 1. The molecule has 4 rings (SSSR count). The van der Waals surface area contributed by atoms with Gasteiger partial charge in [0.2, 0.25) is 5.95 Å². The Labute approximate surface area is 152 Å². The van der Waals surface area contributed by atoms with E-state index in [-0.39, 0.29) is 6.10 Å². The van der Waals surface area contributed by atoms with Gasteiger partial charge in [-0.15, -0.1) is 0 Å². The SMILES string of the molecule is CNc1nc(Nc2cccc(OC3CCN(C)CC3)c2)nc2nc[nH]c12. The largest absolute Gasteiger partial charge is 0.490 e. The number of ether oxygens (including phenoxy) is 1. The molecule has 0 atom stereocenters. The van der Waals surface area contributed by atoms with Crippen LogP contribution in [0.25, 0.3) is 11.2 Å². The Balaban J connectivity index is 1.50. The normalized spacial score (nSPS) is 15.9. The first-order valence-electron chi connectivity index (χ1n) is 8.82. The zero-order chi connectivity index (χ0) is 17.9. The van der Waals surface area contributed by atoms with Gasteiger partial charge in [0, 0.05) is 31.9 Å². The lowest BCUT2D eigenvalue weighted by Crippen LogP contribution is -2.35. The molecule has 136 valence electrons. The summed E-state index contributed by atoms with van der Waals surface area (Å²) in [7, 11) is 3.97. The molecular weight excluding hydrogens is 330 g/mol. The highest BCUT2D eigenvalue weighted by molar-refractivity contribution is 5.83. The van der Waals surface area contributed by atoms with Gasteiger partial charge in [0.25, 0.3) is 0 Å². The molecule has 0 bridgehead atoms. The molecule has 1 fully saturated rings. The number of fused-ring (bicyclic) bond motifs is 1. The molecule has 3 N–H and O–H groups in total. The van der Waals surface area contributed by atoms with Crippen molar-refractivity contribution >= 4 is 28.6 Å². The number of hydrogen-bond donors (Lipinski definition) is 3. The van der Waals surface area contributed by atoms with E-state index in [9.17, 15) is 0 Å². The molecule has 8 nitrogen and oxygen atoms in total. The van der Waals surface area contributed by atoms with Gasteiger partial charge in [-0.1, -0.05) is 6.07 Å². The monoisotopic (exact) mass is 353 g/mol. The predicted octanol–water partition coefficient (Wildman–Crippen LogP) is 2.61. The highest BCUT2D eigenvalue weighted by Gasteiger charge is 2.18. The number of likely N-dealkylation sites (tertiary alicyclic amines) is 1. The van der Waals surface area contributed by atoms with E-state index in [1.54, 1.807) is 6.33 Å². The van der Waals surface area contributed by atoms with E-state index in [0.29, 0.717) is 17.4 Å². The van der Waals surface area contributed by atoms with Crippen molar-refractivity contribution < 1.29 is 4.74 Å². The van der Waals surface area contributed by atoms with Crippen molar-refractivity contribution in [2.24, 2.45) is 0 Å². The summed E-state index contributed by atoms with van der Waals surface area (Å²) in [5.41, 5.74) is 2.29. The summed E-state index contributed by atoms with van der Waals surface area (Å²) in [6, 6.07) is 7.91. The average Bonchev–Trinajstić information content (AvgIpc) is 3.12. The van der Waals surface area contributed by atoms with Crippen LogP contribution in [0, 0.1) is 0 Å². The van der Waals surface area contributed by atoms with E-state index in [0.717, 1.165) is 42.9 Å². The van der Waals surface area contributed by atoms with E-state index in [1.807, 2.05) is 31.3 Å². The van der Waals surface area contributed by atoms with Crippen LogP contribution in [-0.4, -0.2) is 58.1 Å². The van der Waals surface area contributed by atoms with Gasteiger partial charge in [-0.3, -0.25) is 0 Å². The van der Waals surface area contributed by atoms with Crippen molar-refractivity contribution in [1.82, 2.24) is 24.8 Å². The molecule has 0 saturated carbocycles. The quantitative estimate of drug-likeness (QED) is 0.649. The first-order valence-corrected chi connectivity index (χ1v) is 8.82. The van der Waals surface area contributed by atoms with Gasteiger partial charge in [-0.2, -0.15) is 9.97 Å². The molecule has 1 aliphatic rings. The number of H-pyrrole nitrogens is 1. The topological polar surface area (TPSA) is 91.0 Å². The van der Waals surface area contributed by atoms with Crippen molar-refractivity contribution in [3.8, 4) is 5.75 Å². The summed E-state index contributed by atoms with van der Waals surface area (Å²) < 4.78 is 6.15. The van der Waals surface area contributed by atoms with Gasteiger partial charge < -0.3 is 25.3 Å². The number of rotatable bonds is 5. The first-order chi connectivity index (χ1) is 12.7. The second-order valence-corrected chi connectivity index (χ2v) is 6.52. The molecular formula is C18H23N7O. The summed E-state index contributed by atoms with van der Waals surface area (Å²) >= 11 is 0. The summed E-state index contributed by atoms with van der Waals surface area (Å²) in [5.74, 6) is 2.05. The van der Waals surface area contributed by atoms with Gasteiger partial charge in [0.05, 0.1) is 6.33 Å². The van der Waals surface area contributed by atoms with Crippen molar-refractivity contribution in [3.05, 3.63) is 30.6 Å². The van der Waals surface area contributed by atoms with Crippen LogP contribution in [0.5, 0.6) is 5.75 Å². The first kappa shape index (κ1) is 16.6. The van der Waals surface area contributed by atoms with Crippen LogP contribution in [0.3, 0.4) is 0 Å². The third-order valence-electron chi connectivity index (χ3n) is 4.58. The maximum absolute atomic E-state index is 6.15. The molecule has 3 heterocycles. The average molecular weight is 353 g/mol. The summed E-state index contributed by atoms with van der Waals surface area (Å²) in [4.78, 5) is 18.5. The number of piperidine rings is 1. The molecule has 1 aliphatic heterocycles. The lowest BCUT2D eigenvalue weighted by atomic mass is 10.1. The lowest BCUT2D eigenvalue weighted by molar-refractivity contribution is 0.114. The standard InChI is InChI=1S/C18H23N7O/c1-19-16-15-17(21-11-20-15)24-18(23-16)22-12-4-3-5-14(10-12)26-13-6-8-25(2)9-7-13/h3-5,10-11,13H,6-9H2,1-2H3,(H3,19,20,21,22,23,24). The van der Waals surface area contributed by atoms with Crippen molar-refractivity contribution in [2.75, 3.05) is 37.8 Å². The molecule has 3 aromatic rings. The number of imidazole rings is 1. The van der Waals surface area contributed by atoms with Gasteiger partial charge in [-0.25, -0.2) is 4.98 Å². The fraction of sp³-hybridized carbons (Fsp3) is 0.389. The van der Waals surface area contributed by atoms with Crippen LogP contribution >= 0.6 is 0 Å². The minimum absolute atomic E-state index is 0.272. The van der Waals surface area contributed by atoms with Gasteiger partial charge in [0.15, 0.2) is 11.5 Å². The number of hydrogen-bond acceptors (Lipinski definition) is 7. The minimum atomic E-state index is 0.272. The fourth-order valence-electron chi connectivity index (χ4n) is 3.14. The van der Waals surface area contributed by atoms with Crippen LogP contribution in [0.2, 0.25) is 0 Å². The van der Waals surface area contributed by atoms with Crippen LogP contribution in [0.1, 0.15) is 12.8 Å². The van der Waals surface area contributed by atoms with Crippen LogP contribution in [0.15, 0.2) is 30.6 Å². The van der Waals surface area contributed by atoms with Crippen molar-refractivity contribution in [3.63, 3.8) is 0 Å². The summed E-state index contributed by atoms with van der Waals surface area (Å²) in [6.07, 6.45) is 3.99. The maximum atomic E-state index is 6.15. The number of nitrogens with one attached hydrogen (secondary N) is 3. The number of nitrogens with zero attached hydrogens (tertiary/aromatic N) is 4. The van der Waals surface area contributed by atoms with Crippen LogP contribution < -0.4 is 15.4 Å². The zero-order valence-corrected chi connectivity index (χ0v) is 15.0. The molecule has 0 unspecified atom stereocenters. The van der Waals surface area contributed by atoms with Gasteiger partial charge >= 0.3 is 0 Å². The minimum Gasteiger partial charge on any atom is -0.490 e. The second-order valence-electron chi connectivity index (χ2n) is 6.52. The van der Waals surface area contributed by atoms with Crippen molar-refractivity contribution in [2.45, 2.75) is 18.9 Å². The predicted molar refractivity (Wildman–Crippen MR) is 102 cm³/mol. The Bertz CT molecular complexity index is 886. The zero-order valence-electron chi connectivity index (χ0n) is 15.0. The molecule has 0 aliphatic carbocycles. The van der Waals surface area contributed by atoms with E-state index >= 15 is 0 Å². The molecule has 0 amide bonds. The maximum Gasteiger partial charge on any atom is 0.231 e. The highest BCUT2D eigenvalue weighted by Crippen LogP contribution is 2.25. The third-order valence-corrected chi connectivity index (χ3v) is 4.58. The number of aromatic nitrogens is 4. The molecule has 26 heavy (non-hydrogen) atoms. The Morgan fingerprint density at radius 2 is 2.08 bits per heavy atom. The van der Waals surface area contributed by atoms with E-state index in [1.165, 1.54) is 0 Å². The van der Waals surface area contributed by atoms with Crippen LogP contribution in [-0.2, 0) is 0 Å². The Kier molecular flexibility index (Phi) is 4.57. The Hall–Kier alpha value is -2.87. The number of aromatic amines is 1. The molecule has 0 spiro atoms. The molecule has 1 aromatic carbocycles. The van der Waals surface area contributed by atoms with E-state index < -0.39 is 0 Å². The third kappa shape index (κ3) is 3.55. The molecule has 2 aromatic heterocycles. The highest BCUT2D eigenvalue weighted by atomic mass is 16.5. The van der Waals surface area contributed by atoms with Gasteiger partial charge in [0.1, 0.15) is 17.4 Å². The second kappa shape index (κ2) is 7.17. The van der Waals surface area contributed by atoms with Crippen LogP contribution in [0.4, 0.5) is 17.5 Å². The molecule has 1 saturated heterocycles. The molecule has 8 heteroatoms. The van der Waals surface area contributed by atoms with Gasteiger partial charge in [-0.05, 0) is 32.0 Å². The Morgan fingerprint density at radius 3 is 2.88 bits per heavy atom. The number of anilines is 3. The lowest BCUT2D eigenvalue weighted by Gasteiger charge is -2.29. The fourth-order valence-corrected chi connectivity index (χ4v) is 3.14. The Morgan fingerprint density at radius 1 is 1.23 bits per heavy atom. The smallest absolute Gasteiger partial charge is 0.231 e. The summed E-state index contributed by atoms with van der Waals surface area (Å²) in [5, 5.41) is 6.30. The molecule has 0 radical (unpaired) electrons.